The number of fused-ring (bicyclic) bond motifs is 1. The monoisotopic (exact) mass is 528 g/mol. The summed E-state index contributed by atoms with van der Waals surface area (Å²) in [6.45, 7) is 1.38. The SMILES string of the molecule is COc1ccc2ncc(F)c([C@H](F)CCC3CCN(CC#Cc4cc(F)cc(F)c4)CC3CC(=O)O)c2c1. The molecule has 5 nitrogen and oxygen atoms in total. The van der Waals surface area contributed by atoms with E-state index < -0.39 is 29.6 Å². The Labute approximate surface area is 218 Å². The Bertz CT molecular complexity index is 1350. The summed E-state index contributed by atoms with van der Waals surface area (Å²) in [5, 5.41) is 9.80. The highest BCUT2D eigenvalue weighted by atomic mass is 19.1. The van der Waals surface area contributed by atoms with Gasteiger partial charge in [-0.1, -0.05) is 11.8 Å². The predicted molar refractivity (Wildman–Crippen MR) is 135 cm³/mol. The van der Waals surface area contributed by atoms with E-state index in [9.17, 15) is 23.1 Å². The number of rotatable bonds is 8. The third-order valence-corrected chi connectivity index (χ3v) is 6.98. The molecule has 0 bridgehead atoms. The number of likely N-dealkylation sites (tertiary alicyclic amines) is 1. The molecule has 1 saturated heterocycles. The summed E-state index contributed by atoms with van der Waals surface area (Å²) in [6.07, 6.45) is 0.419. The molecule has 2 aromatic carbocycles. The molecule has 0 saturated carbocycles. The summed E-state index contributed by atoms with van der Waals surface area (Å²) in [7, 11) is 1.47. The van der Waals surface area contributed by atoms with Crippen LogP contribution < -0.4 is 4.74 Å². The Morgan fingerprint density at radius 2 is 1.95 bits per heavy atom. The van der Waals surface area contributed by atoms with Crippen molar-refractivity contribution >= 4 is 16.9 Å². The van der Waals surface area contributed by atoms with Crippen molar-refractivity contribution in [2.75, 3.05) is 26.7 Å². The van der Waals surface area contributed by atoms with E-state index in [1.807, 2.05) is 4.90 Å². The Kier molecular flexibility index (Phi) is 8.85. The number of ether oxygens (including phenoxy) is 1. The minimum atomic E-state index is -1.59. The number of aliphatic carboxylic acids is 1. The number of carboxylic acid groups (broad SMARTS) is 1. The van der Waals surface area contributed by atoms with Gasteiger partial charge < -0.3 is 9.84 Å². The molecular formula is C29H28F4N2O3. The van der Waals surface area contributed by atoms with Gasteiger partial charge in [0, 0.05) is 35.5 Å². The third kappa shape index (κ3) is 6.81. The highest BCUT2D eigenvalue weighted by molar-refractivity contribution is 5.84. The highest BCUT2D eigenvalue weighted by Crippen LogP contribution is 2.37. The number of carboxylic acids is 1. The lowest BCUT2D eigenvalue weighted by Gasteiger charge is -2.37. The van der Waals surface area contributed by atoms with Crippen molar-refractivity contribution in [2.45, 2.75) is 31.9 Å². The standard InChI is InChI=1S/C29H28F4N2O3/c1-38-23-5-7-27-24(15-23)29(26(33)16-34-27)25(32)6-4-19-8-10-35(17-20(19)13-28(36)37)9-2-3-18-11-21(30)14-22(31)12-18/h5,7,11-12,14-16,19-20,25H,4,6,8-10,13,17H2,1H3,(H,36,37)/t19?,20?,25-/m1/s1. The van der Waals surface area contributed by atoms with Gasteiger partial charge in [0.25, 0.3) is 0 Å². The maximum Gasteiger partial charge on any atom is 0.303 e. The molecule has 1 aromatic heterocycles. The first-order valence-corrected chi connectivity index (χ1v) is 12.4. The number of alkyl halides is 1. The van der Waals surface area contributed by atoms with Crippen LogP contribution in [0.15, 0.2) is 42.6 Å². The molecule has 0 aliphatic carbocycles. The van der Waals surface area contributed by atoms with Crippen LogP contribution in [0, 0.1) is 41.1 Å². The van der Waals surface area contributed by atoms with E-state index in [0.717, 1.165) is 24.4 Å². The quantitative estimate of drug-likeness (QED) is 0.291. The van der Waals surface area contributed by atoms with Gasteiger partial charge in [-0.15, -0.1) is 0 Å². The summed E-state index contributed by atoms with van der Waals surface area (Å²) >= 11 is 0. The topological polar surface area (TPSA) is 62.7 Å². The van der Waals surface area contributed by atoms with Crippen LogP contribution in [0.5, 0.6) is 5.75 Å². The van der Waals surface area contributed by atoms with E-state index in [0.29, 0.717) is 49.1 Å². The lowest BCUT2D eigenvalue weighted by Crippen LogP contribution is -2.41. The van der Waals surface area contributed by atoms with Gasteiger partial charge in [-0.25, -0.2) is 17.6 Å². The number of carbonyl (C=O) groups is 1. The minimum Gasteiger partial charge on any atom is -0.497 e. The fraction of sp³-hybridized carbons (Fsp3) is 0.379. The Morgan fingerprint density at radius 1 is 1.18 bits per heavy atom. The van der Waals surface area contributed by atoms with Gasteiger partial charge in [0.15, 0.2) is 0 Å². The number of aromatic nitrogens is 1. The summed E-state index contributed by atoms with van der Waals surface area (Å²) < 4.78 is 62.1. The molecule has 4 rings (SSSR count). The largest absolute Gasteiger partial charge is 0.497 e. The second-order valence-electron chi connectivity index (χ2n) is 9.55. The van der Waals surface area contributed by atoms with Crippen molar-refractivity contribution in [2.24, 2.45) is 11.8 Å². The Hall–Kier alpha value is -3.64. The summed E-state index contributed by atoms with van der Waals surface area (Å²) in [6, 6.07) is 7.96. The maximum atomic E-state index is 15.5. The average molecular weight is 529 g/mol. The predicted octanol–water partition coefficient (Wildman–Crippen LogP) is 5.92. The van der Waals surface area contributed by atoms with Crippen molar-refractivity contribution in [3.8, 4) is 17.6 Å². The van der Waals surface area contributed by atoms with Crippen molar-refractivity contribution in [3.63, 3.8) is 0 Å². The van der Waals surface area contributed by atoms with Gasteiger partial charge in [0.1, 0.15) is 29.4 Å². The van der Waals surface area contributed by atoms with Crippen molar-refractivity contribution < 1.29 is 32.2 Å². The molecule has 3 atom stereocenters. The number of hydrogen-bond acceptors (Lipinski definition) is 4. The maximum absolute atomic E-state index is 15.5. The Morgan fingerprint density at radius 3 is 2.66 bits per heavy atom. The number of pyridine rings is 1. The molecule has 38 heavy (non-hydrogen) atoms. The van der Waals surface area contributed by atoms with Gasteiger partial charge >= 0.3 is 5.97 Å². The lowest BCUT2D eigenvalue weighted by molar-refractivity contribution is -0.139. The van der Waals surface area contributed by atoms with Crippen LogP contribution in [-0.2, 0) is 4.79 Å². The molecule has 2 heterocycles. The van der Waals surface area contributed by atoms with E-state index in [1.54, 1.807) is 18.2 Å². The van der Waals surface area contributed by atoms with Crippen LogP contribution in [-0.4, -0.2) is 47.7 Å². The van der Waals surface area contributed by atoms with Gasteiger partial charge in [0.05, 0.1) is 25.4 Å². The summed E-state index contributed by atoms with van der Waals surface area (Å²) in [5.74, 6) is 2.72. The molecule has 0 radical (unpaired) electrons. The zero-order valence-corrected chi connectivity index (χ0v) is 20.9. The van der Waals surface area contributed by atoms with Crippen LogP contribution in [0.3, 0.4) is 0 Å². The lowest BCUT2D eigenvalue weighted by atomic mass is 9.79. The van der Waals surface area contributed by atoms with E-state index >= 15 is 4.39 Å². The molecule has 200 valence electrons. The fourth-order valence-electron chi connectivity index (χ4n) is 5.13. The first-order valence-electron chi connectivity index (χ1n) is 12.4. The smallest absolute Gasteiger partial charge is 0.303 e. The van der Waals surface area contributed by atoms with Crippen LogP contribution in [0.25, 0.3) is 10.9 Å². The highest BCUT2D eigenvalue weighted by Gasteiger charge is 2.31. The summed E-state index contributed by atoms with van der Waals surface area (Å²) in [4.78, 5) is 17.6. The van der Waals surface area contributed by atoms with Crippen LogP contribution in [0.2, 0.25) is 0 Å². The van der Waals surface area contributed by atoms with Gasteiger partial charge in [-0.05, 0) is 68.0 Å². The first-order chi connectivity index (χ1) is 18.2. The number of piperidine rings is 1. The fourth-order valence-corrected chi connectivity index (χ4v) is 5.13. The van der Waals surface area contributed by atoms with Gasteiger partial charge in [-0.2, -0.15) is 0 Å². The van der Waals surface area contributed by atoms with Crippen LogP contribution >= 0.6 is 0 Å². The second kappa shape index (κ2) is 12.3. The van der Waals surface area contributed by atoms with Crippen molar-refractivity contribution in [1.82, 2.24) is 9.88 Å². The number of halogens is 4. The van der Waals surface area contributed by atoms with E-state index in [-0.39, 0.29) is 35.8 Å². The second-order valence-corrected chi connectivity index (χ2v) is 9.55. The first kappa shape index (κ1) is 27.4. The van der Waals surface area contributed by atoms with Crippen LogP contribution in [0.1, 0.15) is 43.0 Å². The van der Waals surface area contributed by atoms with Crippen molar-refractivity contribution in [3.05, 3.63) is 71.2 Å². The van der Waals surface area contributed by atoms with E-state index in [2.05, 4.69) is 16.8 Å². The molecule has 2 unspecified atom stereocenters. The van der Waals surface area contributed by atoms with Crippen molar-refractivity contribution in [1.29, 1.82) is 0 Å². The molecule has 1 fully saturated rings. The normalized spacial score (nSPS) is 18.6. The number of methoxy groups -OCH3 is 1. The molecule has 1 aliphatic rings. The molecule has 9 heteroatoms. The van der Waals surface area contributed by atoms with Gasteiger partial charge in [-0.3, -0.25) is 14.7 Å². The summed E-state index contributed by atoms with van der Waals surface area (Å²) in [5.41, 5.74) is 0.621. The number of hydrogen-bond donors (Lipinski definition) is 1. The minimum absolute atomic E-state index is 0.0406. The third-order valence-electron chi connectivity index (χ3n) is 6.98. The van der Waals surface area contributed by atoms with Crippen LogP contribution in [0.4, 0.5) is 17.6 Å². The molecular weight excluding hydrogens is 500 g/mol. The Balaban J connectivity index is 1.42. The zero-order chi connectivity index (χ0) is 27.2. The number of benzene rings is 2. The van der Waals surface area contributed by atoms with Gasteiger partial charge in [0.2, 0.25) is 0 Å². The van der Waals surface area contributed by atoms with E-state index in [4.69, 9.17) is 4.74 Å². The number of nitrogens with zero attached hydrogens (tertiary/aromatic N) is 2. The van der Waals surface area contributed by atoms with E-state index in [1.165, 1.54) is 7.11 Å². The zero-order valence-electron chi connectivity index (χ0n) is 20.9. The molecule has 3 aromatic rings. The molecule has 0 amide bonds. The molecule has 0 spiro atoms. The molecule has 1 aliphatic heterocycles. The average Bonchev–Trinajstić information content (AvgIpc) is 2.86. The molecule has 1 N–H and O–H groups in total.